The van der Waals surface area contributed by atoms with Crippen LogP contribution < -0.4 is 17.3 Å². The van der Waals surface area contributed by atoms with Gasteiger partial charge in [0.2, 0.25) is 0 Å². The van der Waals surface area contributed by atoms with Gasteiger partial charge in [-0.05, 0) is 13.8 Å². The minimum absolute atomic E-state index is 0. The van der Waals surface area contributed by atoms with Crippen molar-refractivity contribution < 1.29 is 32.6 Å². The van der Waals surface area contributed by atoms with Crippen molar-refractivity contribution in [1.82, 2.24) is 0 Å². The number of hydrogen-bond donors (Lipinski definition) is 4. The van der Waals surface area contributed by atoms with Crippen LogP contribution in [0.1, 0.15) is 26.7 Å². The van der Waals surface area contributed by atoms with Crippen LogP contribution in [0.5, 0.6) is 0 Å². The quantitative estimate of drug-likeness (QED) is 0.341. The first-order valence-corrected chi connectivity index (χ1v) is 5.32. The van der Waals surface area contributed by atoms with Crippen molar-refractivity contribution in [2.24, 2.45) is 0 Å². The summed E-state index contributed by atoms with van der Waals surface area (Å²) in [4.78, 5) is 1.24. The summed E-state index contributed by atoms with van der Waals surface area (Å²) >= 11 is 0. The Morgan fingerprint density at radius 2 is 1.80 bits per heavy atom. The molecule has 0 aromatic rings. The van der Waals surface area contributed by atoms with Crippen molar-refractivity contribution in [1.29, 1.82) is 0 Å². The first-order chi connectivity index (χ1) is 6.42. The second-order valence-corrected chi connectivity index (χ2v) is 5.37. The number of piperidine rings is 1. The number of halogens is 1. The molecule has 0 amide bonds. The van der Waals surface area contributed by atoms with E-state index in [-0.39, 0.29) is 30.1 Å². The third kappa shape index (κ3) is 2.15. The van der Waals surface area contributed by atoms with Crippen LogP contribution in [0.25, 0.3) is 0 Å². The van der Waals surface area contributed by atoms with Crippen LogP contribution >= 0.6 is 0 Å². The maximum Gasteiger partial charge on any atom is 0.137 e. The van der Waals surface area contributed by atoms with Crippen molar-refractivity contribution in [2.45, 2.75) is 56.6 Å². The number of aliphatic hydroxyl groups excluding tert-OH is 3. The highest BCUT2D eigenvalue weighted by atomic mass is 35.5. The lowest BCUT2D eigenvalue weighted by atomic mass is 9.85. The van der Waals surface area contributed by atoms with Gasteiger partial charge < -0.3 is 32.6 Å². The highest BCUT2D eigenvalue weighted by Crippen LogP contribution is 2.23. The summed E-state index contributed by atoms with van der Waals surface area (Å²) < 4.78 is 0. The first kappa shape index (κ1) is 13.2. The molecule has 2 aliphatic heterocycles. The summed E-state index contributed by atoms with van der Waals surface area (Å²) in [7, 11) is 0. The monoisotopic (exact) mass is 237 g/mol. The molecule has 0 spiro atoms. The maximum atomic E-state index is 9.76. The number of nitrogens with one attached hydrogen (secondary N) is 1. The van der Waals surface area contributed by atoms with E-state index in [9.17, 15) is 15.3 Å². The second-order valence-electron chi connectivity index (χ2n) is 5.37. The fraction of sp³-hybridized carbons (Fsp3) is 1.00. The second kappa shape index (κ2) is 4.18. The molecule has 2 rings (SSSR count). The lowest BCUT2D eigenvalue weighted by Gasteiger charge is -2.43. The van der Waals surface area contributed by atoms with Gasteiger partial charge >= 0.3 is 0 Å². The molecule has 0 aromatic heterocycles. The van der Waals surface area contributed by atoms with Gasteiger partial charge in [0.25, 0.3) is 0 Å². The molecule has 0 radical (unpaired) electrons. The summed E-state index contributed by atoms with van der Waals surface area (Å²) in [6.45, 7) is 4.77. The van der Waals surface area contributed by atoms with Gasteiger partial charge in [0.05, 0.1) is 11.6 Å². The van der Waals surface area contributed by atoms with Gasteiger partial charge in [-0.3, -0.25) is 0 Å². The Balaban J connectivity index is 0.00000112. The molecular weight excluding hydrogens is 218 g/mol. The van der Waals surface area contributed by atoms with Crippen LogP contribution in [-0.2, 0) is 0 Å². The zero-order valence-electron chi connectivity index (χ0n) is 9.15. The predicted octanol–water partition coefficient (Wildman–Crippen LogP) is -5.09. The fourth-order valence-corrected chi connectivity index (χ4v) is 3.13. The lowest BCUT2D eigenvalue weighted by molar-refractivity contribution is -0.969. The van der Waals surface area contributed by atoms with Crippen molar-refractivity contribution in [3.63, 3.8) is 0 Å². The maximum absolute atomic E-state index is 9.76. The molecule has 0 saturated carbocycles. The minimum Gasteiger partial charge on any atom is -1.00 e. The van der Waals surface area contributed by atoms with E-state index in [1.54, 1.807) is 0 Å². The number of hydrogen-bond acceptors (Lipinski definition) is 3. The van der Waals surface area contributed by atoms with Gasteiger partial charge in [-0.25, -0.2) is 0 Å². The molecule has 15 heavy (non-hydrogen) atoms. The van der Waals surface area contributed by atoms with E-state index in [1.165, 1.54) is 4.90 Å². The number of rotatable bonds is 0. The number of fused-ring (bicyclic) bond motifs is 1. The molecule has 2 aliphatic rings. The Morgan fingerprint density at radius 3 is 2.40 bits per heavy atom. The third-order valence-electron chi connectivity index (χ3n) is 3.82. The summed E-state index contributed by atoms with van der Waals surface area (Å²) in [6, 6.07) is 0.00347. The van der Waals surface area contributed by atoms with Crippen LogP contribution in [0.2, 0.25) is 0 Å². The van der Waals surface area contributed by atoms with E-state index in [0.29, 0.717) is 13.0 Å². The van der Waals surface area contributed by atoms with Crippen molar-refractivity contribution >= 4 is 0 Å². The average Bonchev–Trinajstić information content (AvgIpc) is 2.31. The van der Waals surface area contributed by atoms with E-state index in [2.05, 4.69) is 13.8 Å². The van der Waals surface area contributed by atoms with Crippen molar-refractivity contribution in [3.8, 4) is 0 Å². The van der Waals surface area contributed by atoms with E-state index in [1.807, 2.05) is 0 Å². The van der Waals surface area contributed by atoms with Crippen LogP contribution in [-0.4, -0.2) is 51.8 Å². The Labute approximate surface area is 96.3 Å². The highest BCUT2D eigenvalue weighted by Gasteiger charge is 2.54. The molecule has 1 unspecified atom stereocenters. The van der Waals surface area contributed by atoms with Crippen molar-refractivity contribution in [3.05, 3.63) is 0 Å². The smallest absolute Gasteiger partial charge is 0.137 e. The van der Waals surface area contributed by atoms with Gasteiger partial charge in [0, 0.05) is 12.8 Å². The summed E-state index contributed by atoms with van der Waals surface area (Å²) in [5.41, 5.74) is -0.0409. The zero-order chi connectivity index (χ0) is 10.5. The first-order valence-electron chi connectivity index (χ1n) is 5.32. The molecule has 2 saturated heterocycles. The number of aliphatic hydroxyl groups is 3. The molecular formula is C10H20ClNO3. The third-order valence-corrected chi connectivity index (χ3v) is 3.82. The molecule has 0 aliphatic carbocycles. The molecule has 2 fully saturated rings. The van der Waals surface area contributed by atoms with E-state index in [0.717, 1.165) is 6.42 Å². The molecule has 5 atom stereocenters. The van der Waals surface area contributed by atoms with Gasteiger partial charge in [0.15, 0.2) is 0 Å². The van der Waals surface area contributed by atoms with E-state index in [4.69, 9.17) is 0 Å². The SMILES string of the molecule is CC1(C)C[C@@H](O)C[C@H]2[C@H](O)[C@H](O)C[NH+]21.[Cl-]. The van der Waals surface area contributed by atoms with Crippen molar-refractivity contribution in [2.75, 3.05) is 6.54 Å². The van der Waals surface area contributed by atoms with Crippen LogP contribution in [0, 0.1) is 0 Å². The normalized spacial score (nSPS) is 48.2. The fourth-order valence-electron chi connectivity index (χ4n) is 3.13. The standard InChI is InChI=1S/C10H19NO3.ClH/c1-10(2)4-6(12)3-7-9(14)8(13)5-11(7)10;/h6-9,12-14H,3-5H2,1-2H3;1H/t6-,7-,8+,9-;/m0./s1. The molecule has 4 N–H and O–H groups in total. The molecule has 5 heteroatoms. The van der Waals surface area contributed by atoms with Gasteiger partial charge in [-0.15, -0.1) is 0 Å². The zero-order valence-corrected chi connectivity index (χ0v) is 9.91. The van der Waals surface area contributed by atoms with E-state index >= 15 is 0 Å². The Kier molecular flexibility index (Phi) is 3.68. The Morgan fingerprint density at radius 1 is 1.20 bits per heavy atom. The molecule has 0 aromatic carbocycles. The van der Waals surface area contributed by atoms with Crippen LogP contribution in [0.4, 0.5) is 0 Å². The highest BCUT2D eigenvalue weighted by molar-refractivity contribution is 4.91. The Hall–Kier alpha value is 0.130. The summed E-state index contributed by atoms with van der Waals surface area (Å²) in [5, 5.41) is 29.0. The lowest BCUT2D eigenvalue weighted by Crippen LogP contribution is -3.22. The molecule has 90 valence electrons. The predicted molar refractivity (Wildman–Crippen MR) is 51.0 cm³/mol. The van der Waals surface area contributed by atoms with E-state index < -0.39 is 12.2 Å². The topological polar surface area (TPSA) is 65.1 Å². The number of quaternary nitrogens is 1. The van der Waals surface area contributed by atoms with Gasteiger partial charge in [-0.2, -0.15) is 0 Å². The summed E-state index contributed by atoms with van der Waals surface area (Å²) in [6.07, 6.45) is -0.271. The van der Waals surface area contributed by atoms with Crippen LogP contribution in [0.15, 0.2) is 0 Å². The molecule has 4 nitrogen and oxygen atoms in total. The minimum atomic E-state index is -0.667. The Bertz CT molecular complexity index is 237. The summed E-state index contributed by atoms with van der Waals surface area (Å²) in [5.74, 6) is 0. The molecule has 0 bridgehead atoms. The van der Waals surface area contributed by atoms with Crippen LogP contribution in [0.3, 0.4) is 0 Å². The average molecular weight is 238 g/mol. The van der Waals surface area contributed by atoms with Gasteiger partial charge in [0.1, 0.15) is 24.8 Å². The molecule has 2 heterocycles. The largest absolute Gasteiger partial charge is 1.00 e. The van der Waals surface area contributed by atoms with Gasteiger partial charge in [-0.1, -0.05) is 0 Å².